The predicted molar refractivity (Wildman–Crippen MR) is 103 cm³/mol. The smallest absolute Gasteiger partial charge is 0.0537 e. The number of fused-ring (bicyclic) bond motifs is 3. The van der Waals surface area contributed by atoms with Crippen LogP contribution in [-0.2, 0) is 0 Å². The van der Waals surface area contributed by atoms with E-state index in [1.165, 1.54) is 33.4 Å². The minimum absolute atomic E-state index is 1.00. The molecule has 23 heavy (non-hydrogen) atoms. The predicted octanol–water partition coefficient (Wildman–Crippen LogP) is 6.68. The molecule has 0 aliphatic heterocycles. The second-order valence-corrected chi connectivity index (χ2v) is 6.04. The quantitative estimate of drug-likeness (QED) is 0.555. The summed E-state index contributed by atoms with van der Waals surface area (Å²) in [5.41, 5.74) is 6.63. The van der Waals surface area contributed by atoms with Gasteiger partial charge in [0.05, 0.1) is 11.2 Å². The molecular weight excluding hydrogens is 278 g/mol. The van der Waals surface area contributed by atoms with Crippen LogP contribution < -0.4 is 0 Å². The lowest BCUT2D eigenvalue weighted by atomic mass is 10.1. The van der Waals surface area contributed by atoms with Crippen molar-refractivity contribution in [3.05, 3.63) is 65.4 Å². The van der Waals surface area contributed by atoms with Crippen molar-refractivity contribution < 1.29 is 0 Å². The van der Waals surface area contributed by atoms with E-state index in [1.807, 2.05) is 0 Å². The summed E-state index contributed by atoms with van der Waals surface area (Å²) in [4.78, 5) is 0. The molecule has 0 fully saturated rings. The molecule has 0 spiro atoms. The first-order valence-corrected chi connectivity index (χ1v) is 8.60. The topological polar surface area (TPSA) is 4.93 Å². The molecule has 0 saturated heterocycles. The molecule has 1 aliphatic carbocycles. The van der Waals surface area contributed by atoms with Crippen molar-refractivity contribution in [1.29, 1.82) is 0 Å². The molecule has 0 radical (unpaired) electrons. The molecule has 0 N–H and O–H groups in total. The fraction of sp³-hybridized carbons (Fsp3) is 0.273. The van der Waals surface area contributed by atoms with Gasteiger partial charge < -0.3 is 4.57 Å². The Kier molecular flexibility index (Phi) is 4.66. The van der Waals surface area contributed by atoms with Gasteiger partial charge in [0.15, 0.2) is 0 Å². The molecule has 0 bridgehead atoms. The average molecular weight is 303 g/mol. The Morgan fingerprint density at radius 2 is 1.91 bits per heavy atom. The minimum atomic E-state index is 1.00. The fourth-order valence-corrected chi connectivity index (χ4v) is 3.35. The monoisotopic (exact) mass is 303 g/mol. The Morgan fingerprint density at radius 3 is 2.70 bits per heavy atom. The maximum atomic E-state index is 2.43. The molecule has 0 unspecified atom stereocenters. The summed E-state index contributed by atoms with van der Waals surface area (Å²) in [7, 11) is 0. The van der Waals surface area contributed by atoms with E-state index in [4.69, 9.17) is 0 Å². The number of allylic oxidation sites excluding steroid dienone is 6. The normalized spacial score (nSPS) is 15.1. The van der Waals surface area contributed by atoms with Crippen LogP contribution in [0.1, 0.15) is 51.3 Å². The Balaban J connectivity index is 2.30. The summed E-state index contributed by atoms with van der Waals surface area (Å²) in [6, 6.07) is 8.73. The molecule has 2 aromatic rings. The molecule has 1 heteroatoms. The van der Waals surface area contributed by atoms with Gasteiger partial charge in [-0.3, -0.25) is 0 Å². The van der Waals surface area contributed by atoms with Gasteiger partial charge in [0.1, 0.15) is 0 Å². The van der Waals surface area contributed by atoms with Gasteiger partial charge in [-0.2, -0.15) is 0 Å². The minimum Gasteiger partial charge on any atom is -0.313 e. The second-order valence-electron chi connectivity index (χ2n) is 6.04. The average Bonchev–Trinajstić information content (AvgIpc) is 2.71. The lowest BCUT2D eigenvalue weighted by Gasteiger charge is -2.13. The standard InChI is InChI=1S/C22H25N/c1-4-11-17(3)16-18(5-2)23-21-14-8-6-7-12-19(21)20-13-9-10-15-22(20)23/h7-16H,4-6H2,1-3H3/b17-11-,18-16+. The van der Waals surface area contributed by atoms with Gasteiger partial charge in [0, 0.05) is 16.6 Å². The van der Waals surface area contributed by atoms with Crippen LogP contribution in [0.4, 0.5) is 0 Å². The molecule has 1 nitrogen and oxygen atoms in total. The van der Waals surface area contributed by atoms with Gasteiger partial charge in [-0.1, -0.05) is 61.9 Å². The van der Waals surface area contributed by atoms with E-state index >= 15 is 0 Å². The lowest BCUT2D eigenvalue weighted by molar-refractivity contribution is 1.03. The first-order chi connectivity index (χ1) is 11.3. The van der Waals surface area contributed by atoms with Crippen molar-refractivity contribution >= 4 is 28.8 Å². The van der Waals surface area contributed by atoms with E-state index in [1.54, 1.807) is 0 Å². The molecular formula is C22H25N. The van der Waals surface area contributed by atoms with Crippen LogP contribution in [0.3, 0.4) is 0 Å². The van der Waals surface area contributed by atoms with E-state index in [0.717, 1.165) is 19.3 Å². The van der Waals surface area contributed by atoms with Crippen molar-refractivity contribution in [1.82, 2.24) is 4.57 Å². The van der Waals surface area contributed by atoms with Gasteiger partial charge in [-0.15, -0.1) is 0 Å². The highest BCUT2D eigenvalue weighted by Crippen LogP contribution is 2.33. The zero-order valence-corrected chi connectivity index (χ0v) is 14.3. The van der Waals surface area contributed by atoms with Crippen molar-refractivity contribution in [3.63, 3.8) is 0 Å². The molecule has 0 amide bonds. The highest BCUT2D eigenvalue weighted by atomic mass is 15.0. The van der Waals surface area contributed by atoms with Crippen molar-refractivity contribution in [2.45, 2.75) is 40.0 Å². The van der Waals surface area contributed by atoms with E-state index in [2.05, 4.69) is 86.1 Å². The summed E-state index contributed by atoms with van der Waals surface area (Å²) >= 11 is 0. The van der Waals surface area contributed by atoms with Gasteiger partial charge in [0.2, 0.25) is 0 Å². The van der Waals surface area contributed by atoms with Crippen LogP contribution in [0, 0.1) is 0 Å². The van der Waals surface area contributed by atoms with E-state index in [0.29, 0.717) is 0 Å². The molecule has 1 aliphatic rings. The van der Waals surface area contributed by atoms with Crippen LogP contribution >= 0.6 is 0 Å². The lowest BCUT2D eigenvalue weighted by Crippen LogP contribution is -1.99. The Morgan fingerprint density at radius 1 is 1.13 bits per heavy atom. The summed E-state index contributed by atoms with van der Waals surface area (Å²) in [5, 5.41) is 1.33. The van der Waals surface area contributed by atoms with Crippen molar-refractivity contribution in [3.8, 4) is 0 Å². The second kappa shape index (κ2) is 6.87. The molecule has 1 heterocycles. The first-order valence-electron chi connectivity index (χ1n) is 8.60. The number of benzene rings is 1. The fourth-order valence-electron chi connectivity index (χ4n) is 3.35. The van der Waals surface area contributed by atoms with Crippen LogP contribution in [0.15, 0.2) is 54.1 Å². The van der Waals surface area contributed by atoms with E-state index < -0.39 is 0 Å². The zero-order valence-electron chi connectivity index (χ0n) is 14.3. The molecule has 118 valence electrons. The third-order valence-electron chi connectivity index (χ3n) is 4.35. The third kappa shape index (κ3) is 2.96. The highest BCUT2D eigenvalue weighted by Gasteiger charge is 2.16. The Bertz CT molecular complexity index is 825. The van der Waals surface area contributed by atoms with Crippen LogP contribution in [0.2, 0.25) is 0 Å². The highest BCUT2D eigenvalue weighted by molar-refractivity contribution is 5.96. The maximum absolute atomic E-state index is 2.43. The molecule has 0 saturated carbocycles. The molecule has 0 atom stereocenters. The number of hydrogen-bond donors (Lipinski definition) is 0. The molecule has 1 aromatic heterocycles. The molecule has 3 rings (SSSR count). The van der Waals surface area contributed by atoms with E-state index in [-0.39, 0.29) is 0 Å². The van der Waals surface area contributed by atoms with Gasteiger partial charge >= 0.3 is 0 Å². The Labute approximate surface area is 139 Å². The summed E-state index contributed by atoms with van der Waals surface area (Å²) in [5.74, 6) is 0. The van der Waals surface area contributed by atoms with E-state index in [9.17, 15) is 0 Å². The number of nitrogens with zero attached hydrogens (tertiary/aromatic N) is 1. The molecule has 1 aromatic carbocycles. The summed E-state index contributed by atoms with van der Waals surface area (Å²) in [6.07, 6.45) is 16.8. The largest absolute Gasteiger partial charge is 0.313 e. The number of para-hydroxylation sites is 1. The summed E-state index contributed by atoms with van der Waals surface area (Å²) in [6.45, 7) is 6.62. The number of rotatable bonds is 4. The van der Waals surface area contributed by atoms with Gasteiger partial charge in [-0.05, 0) is 44.4 Å². The Hall–Kier alpha value is -2.28. The van der Waals surface area contributed by atoms with Crippen molar-refractivity contribution in [2.75, 3.05) is 0 Å². The van der Waals surface area contributed by atoms with Crippen LogP contribution in [0.25, 0.3) is 28.8 Å². The van der Waals surface area contributed by atoms with Crippen molar-refractivity contribution in [2.24, 2.45) is 0 Å². The first kappa shape index (κ1) is 15.6. The van der Waals surface area contributed by atoms with Crippen LogP contribution in [0.5, 0.6) is 0 Å². The third-order valence-corrected chi connectivity index (χ3v) is 4.35. The van der Waals surface area contributed by atoms with Crippen LogP contribution in [-0.4, -0.2) is 4.57 Å². The SMILES string of the molecule is CC/C=C(C)\C=C(/CC)n1c2c(c3ccccc31)C=CCC=C2. The maximum Gasteiger partial charge on any atom is 0.0537 e. The number of aromatic nitrogens is 1. The summed E-state index contributed by atoms with van der Waals surface area (Å²) < 4.78 is 2.43. The number of hydrogen-bond acceptors (Lipinski definition) is 0. The van der Waals surface area contributed by atoms with Gasteiger partial charge in [-0.25, -0.2) is 0 Å². The zero-order chi connectivity index (χ0) is 16.2. The van der Waals surface area contributed by atoms with Gasteiger partial charge in [0.25, 0.3) is 0 Å².